The smallest absolute Gasteiger partial charge is 0.253 e. The highest BCUT2D eigenvalue weighted by atomic mass is 32.1. The van der Waals surface area contributed by atoms with Crippen molar-refractivity contribution in [2.24, 2.45) is 0 Å². The summed E-state index contributed by atoms with van der Waals surface area (Å²) in [7, 11) is 0. The van der Waals surface area contributed by atoms with Gasteiger partial charge in [0.1, 0.15) is 11.6 Å². The van der Waals surface area contributed by atoms with Crippen molar-refractivity contribution in [1.82, 2.24) is 15.0 Å². The summed E-state index contributed by atoms with van der Waals surface area (Å²) >= 11 is 1.54. The molecule has 0 spiro atoms. The number of aromatic nitrogens is 2. The number of hydrogen-bond acceptors (Lipinski definition) is 4. The normalized spacial score (nSPS) is 12.1. The zero-order valence-electron chi connectivity index (χ0n) is 16.3. The predicted molar refractivity (Wildman–Crippen MR) is 110 cm³/mol. The van der Waals surface area contributed by atoms with Crippen LogP contribution in [0.5, 0.6) is 0 Å². The maximum Gasteiger partial charge on any atom is 0.253 e. The van der Waals surface area contributed by atoms with Crippen molar-refractivity contribution in [1.29, 1.82) is 0 Å². The zero-order valence-corrected chi connectivity index (χ0v) is 17.1. The Morgan fingerprint density at radius 2 is 1.93 bits per heavy atom. The first-order valence-electron chi connectivity index (χ1n) is 9.16. The summed E-state index contributed by atoms with van der Waals surface area (Å²) in [6, 6.07) is 13.4. The van der Waals surface area contributed by atoms with Crippen LogP contribution in [0.1, 0.15) is 44.0 Å². The molecule has 3 heterocycles. The fourth-order valence-electron chi connectivity index (χ4n) is 3.44. The molecule has 0 saturated carbocycles. The van der Waals surface area contributed by atoms with E-state index in [9.17, 15) is 9.18 Å². The second-order valence-corrected chi connectivity index (χ2v) is 7.87. The summed E-state index contributed by atoms with van der Waals surface area (Å²) in [5, 5.41) is 9.12. The molecule has 7 heteroatoms. The number of benzene rings is 1. The number of carbonyl (C=O) groups is 1. The molecule has 1 amide bonds. The molecule has 1 N–H and O–H groups in total. The highest BCUT2D eigenvalue weighted by molar-refractivity contribution is 7.10. The van der Waals surface area contributed by atoms with E-state index in [0.717, 1.165) is 21.8 Å². The van der Waals surface area contributed by atoms with Gasteiger partial charge in [-0.25, -0.2) is 4.39 Å². The van der Waals surface area contributed by atoms with Gasteiger partial charge in [-0.2, -0.15) is 0 Å². The molecule has 4 rings (SSSR count). The van der Waals surface area contributed by atoms with Crippen LogP contribution in [0.15, 0.2) is 58.4 Å². The van der Waals surface area contributed by atoms with Gasteiger partial charge in [0.2, 0.25) is 0 Å². The molecule has 5 nitrogen and oxygen atoms in total. The molecule has 1 aromatic carbocycles. The van der Waals surface area contributed by atoms with E-state index in [0.29, 0.717) is 17.1 Å². The summed E-state index contributed by atoms with van der Waals surface area (Å²) < 4.78 is 20.5. The van der Waals surface area contributed by atoms with Gasteiger partial charge in [0, 0.05) is 22.3 Å². The fraction of sp³-hybridized carbons (Fsp3) is 0.182. The van der Waals surface area contributed by atoms with E-state index in [1.807, 2.05) is 55.0 Å². The second kappa shape index (κ2) is 7.67. The largest absolute Gasteiger partial charge is 0.360 e. The number of hydrogen-bond donors (Lipinski definition) is 1. The van der Waals surface area contributed by atoms with E-state index < -0.39 is 0 Å². The van der Waals surface area contributed by atoms with Crippen LogP contribution in [0.4, 0.5) is 4.39 Å². The first-order valence-corrected chi connectivity index (χ1v) is 10.0. The number of amides is 1. The van der Waals surface area contributed by atoms with Gasteiger partial charge in [0.15, 0.2) is 5.82 Å². The Labute approximate surface area is 171 Å². The van der Waals surface area contributed by atoms with E-state index in [1.54, 1.807) is 23.5 Å². The molecular weight excluding hydrogens is 389 g/mol. The Morgan fingerprint density at radius 1 is 1.17 bits per heavy atom. The van der Waals surface area contributed by atoms with E-state index in [4.69, 9.17) is 4.52 Å². The number of nitrogens with zero attached hydrogens (tertiary/aromatic N) is 2. The SMILES string of the molecule is Cc1cc(-n2c(C)cc(C(=O)NC(c3ccc(F)cc3)c3cccs3)c2C)no1. The van der Waals surface area contributed by atoms with Crippen molar-refractivity contribution in [2.45, 2.75) is 26.8 Å². The minimum Gasteiger partial charge on any atom is -0.360 e. The zero-order chi connectivity index (χ0) is 20.5. The molecule has 29 heavy (non-hydrogen) atoms. The van der Waals surface area contributed by atoms with Crippen molar-refractivity contribution in [3.63, 3.8) is 0 Å². The number of rotatable bonds is 5. The Bertz CT molecular complexity index is 1140. The van der Waals surface area contributed by atoms with Crippen LogP contribution in [0.2, 0.25) is 0 Å². The highest BCUT2D eigenvalue weighted by Crippen LogP contribution is 2.28. The third kappa shape index (κ3) is 3.73. The molecule has 4 aromatic rings. The average Bonchev–Trinajstić information content (AvgIpc) is 3.42. The summed E-state index contributed by atoms with van der Waals surface area (Å²) in [4.78, 5) is 14.2. The first-order chi connectivity index (χ1) is 13.9. The second-order valence-electron chi connectivity index (χ2n) is 6.89. The average molecular weight is 409 g/mol. The molecule has 0 saturated heterocycles. The number of halogens is 1. The van der Waals surface area contributed by atoms with Crippen LogP contribution in [0, 0.1) is 26.6 Å². The molecule has 3 aromatic heterocycles. The molecule has 0 fully saturated rings. The highest BCUT2D eigenvalue weighted by Gasteiger charge is 2.23. The Balaban J connectivity index is 1.67. The lowest BCUT2D eigenvalue weighted by atomic mass is 10.0. The van der Waals surface area contributed by atoms with Gasteiger partial charge >= 0.3 is 0 Å². The van der Waals surface area contributed by atoms with Crippen molar-refractivity contribution in [2.75, 3.05) is 0 Å². The molecular formula is C22H20FN3O2S. The topological polar surface area (TPSA) is 60.1 Å². The van der Waals surface area contributed by atoms with E-state index >= 15 is 0 Å². The maximum absolute atomic E-state index is 13.4. The van der Waals surface area contributed by atoms with Crippen LogP contribution in [-0.2, 0) is 0 Å². The third-order valence-electron chi connectivity index (χ3n) is 4.83. The minimum atomic E-state index is -0.361. The first kappa shape index (κ1) is 19.1. The quantitative estimate of drug-likeness (QED) is 0.498. The van der Waals surface area contributed by atoms with Gasteiger partial charge in [-0.3, -0.25) is 9.36 Å². The number of nitrogens with one attached hydrogen (secondary N) is 1. The third-order valence-corrected chi connectivity index (χ3v) is 5.76. The molecule has 0 radical (unpaired) electrons. The van der Waals surface area contributed by atoms with E-state index in [1.165, 1.54) is 12.1 Å². The monoisotopic (exact) mass is 409 g/mol. The van der Waals surface area contributed by atoms with Crippen LogP contribution >= 0.6 is 11.3 Å². The van der Waals surface area contributed by atoms with Gasteiger partial charge in [-0.1, -0.05) is 23.4 Å². The van der Waals surface area contributed by atoms with Crippen molar-refractivity contribution >= 4 is 17.2 Å². The molecule has 0 aliphatic rings. The molecule has 1 atom stereocenters. The summed E-state index contributed by atoms with van der Waals surface area (Å²) in [6.45, 7) is 5.63. The summed E-state index contributed by atoms with van der Waals surface area (Å²) in [6.07, 6.45) is 0. The lowest BCUT2D eigenvalue weighted by Crippen LogP contribution is -2.29. The number of aryl methyl sites for hydroxylation is 2. The minimum absolute atomic E-state index is 0.202. The Hall–Kier alpha value is -3.19. The van der Waals surface area contributed by atoms with Gasteiger partial charge < -0.3 is 9.84 Å². The number of thiophene rings is 1. The van der Waals surface area contributed by atoms with Crippen LogP contribution in [0.3, 0.4) is 0 Å². The predicted octanol–water partition coefficient (Wildman–Crippen LogP) is 5.11. The van der Waals surface area contributed by atoms with Crippen molar-refractivity contribution < 1.29 is 13.7 Å². The van der Waals surface area contributed by atoms with Crippen molar-refractivity contribution in [3.05, 3.63) is 92.9 Å². The van der Waals surface area contributed by atoms with Gasteiger partial charge in [-0.05, 0) is 56.0 Å². The Kier molecular flexibility index (Phi) is 5.07. The molecule has 0 aliphatic carbocycles. The maximum atomic E-state index is 13.4. The fourth-order valence-corrected chi connectivity index (χ4v) is 4.24. The summed E-state index contributed by atoms with van der Waals surface area (Å²) in [5.41, 5.74) is 3.04. The summed E-state index contributed by atoms with van der Waals surface area (Å²) in [5.74, 6) is 0.834. The van der Waals surface area contributed by atoms with Crippen LogP contribution < -0.4 is 5.32 Å². The van der Waals surface area contributed by atoms with Crippen LogP contribution in [-0.4, -0.2) is 15.6 Å². The van der Waals surface area contributed by atoms with Crippen molar-refractivity contribution in [3.8, 4) is 5.82 Å². The number of carbonyl (C=O) groups excluding carboxylic acids is 1. The van der Waals surface area contributed by atoms with Gasteiger partial charge in [-0.15, -0.1) is 11.3 Å². The molecule has 1 unspecified atom stereocenters. The van der Waals surface area contributed by atoms with Gasteiger partial charge in [0.25, 0.3) is 5.91 Å². The van der Waals surface area contributed by atoms with Crippen LogP contribution in [0.25, 0.3) is 5.82 Å². The Morgan fingerprint density at radius 3 is 2.55 bits per heavy atom. The van der Waals surface area contributed by atoms with Gasteiger partial charge in [0.05, 0.1) is 11.6 Å². The van der Waals surface area contributed by atoms with E-state index in [-0.39, 0.29) is 17.8 Å². The molecule has 148 valence electrons. The lowest BCUT2D eigenvalue weighted by molar-refractivity contribution is 0.0943. The molecule has 0 aliphatic heterocycles. The van der Waals surface area contributed by atoms with E-state index in [2.05, 4.69) is 10.5 Å². The molecule has 0 bridgehead atoms. The lowest BCUT2D eigenvalue weighted by Gasteiger charge is -2.18. The standard InChI is InChI=1S/C22H20FN3O2S/c1-13-11-18(15(3)26(13)20-12-14(2)28-25-20)22(27)24-21(19-5-4-10-29-19)16-6-8-17(23)9-7-16/h4-12,21H,1-3H3,(H,24,27).